The van der Waals surface area contributed by atoms with Crippen molar-refractivity contribution in [3.05, 3.63) is 22.8 Å². The molecule has 4 heteroatoms. The molecule has 1 N–H and O–H groups in total. The molecular formula is C11H12ClN3. The average Bonchev–Trinajstić information content (AvgIpc) is 3.01. The molecule has 0 aliphatic heterocycles. The Morgan fingerprint density at radius 3 is 3.00 bits per heavy atom. The minimum atomic E-state index is 0.364. The lowest BCUT2D eigenvalue weighted by molar-refractivity contribution is 0.758. The van der Waals surface area contributed by atoms with E-state index < -0.39 is 0 Å². The Kier molecular flexibility index (Phi) is 3.08. The third kappa shape index (κ3) is 3.10. The Morgan fingerprint density at radius 1 is 1.53 bits per heavy atom. The van der Waals surface area contributed by atoms with Gasteiger partial charge in [0.25, 0.3) is 0 Å². The first-order valence-electron chi connectivity index (χ1n) is 5.09. The molecule has 1 aromatic heterocycles. The van der Waals surface area contributed by atoms with E-state index in [2.05, 4.69) is 16.4 Å². The molecular weight excluding hydrogens is 210 g/mol. The van der Waals surface area contributed by atoms with Gasteiger partial charge in [0.1, 0.15) is 11.0 Å². The quantitative estimate of drug-likeness (QED) is 0.796. The molecule has 1 heterocycles. The fraction of sp³-hybridized carbons (Fsp3) is 0.455. The van der Waals surface area contributed by atoms with E-state index in [9.17, 15) is 0 Å². The molecule has 0 aromatic carbocycles. The lowest BCUT2D eigenvalue weighted by Gasteiger charge is -2.05. The first kappa shape index (κ1) is 10.3. The third-order valence-corrected chi connectivity index (χ3v) is 2.67. The Bertz CT molecular complexity index is 393. The largest absolute Gasteiger partial charge is 0.370 e. The van der Waals surface area contributed by atoms with Crippen molar-refractivity contribution in [2.75, 3.05) is 11.9 Å². The molecule has 1 aliphatic rings. The van der Waals surface area contributed by atoms with Crippen LogP contribution >= 0.6 is 11.6 Å². The van der Waals surface area contributed by atoms with Crippen LogP contribution in [-0.2, 0) is 0 Å². The van der Waals surface area contributed by atoms with Gasteiger partial charge in [0.05, 0.1) is 11.6 Å². The Labute approximate surface area is 94.1 Å². The van der Waals surface area contributed by atoms with Crippen LogP contribution in [0.3, 0.4) is 0 Å². The van der Waals surface area contributed by atoms with Crippen molar-refractivity contribution < 1.29 is 0 Å². The maximum absolute atomic E-state index is 8.75. The fourth-order valence-electron chi connectivity index (χ4n) is 1.46. The van der Waals surface area contributed by atoms with Crippen LogP contribution in [-0.4, -0.2) is 11.5 Å². The molecule has 15 heavy (non-hydrogen) atoms. The number of hydrogen-bond acceptors (Lipinski definition) is 3. The fourth-order valence-corrected chi connectivity index (χ4v) is 1.67. The van der Waals surface area contributed by atoms with Gasteiger partial charge >= 0.3 is 0 Å². The SMILES string of the molecule is N#Cc1cc(Cl)nc(NCCC2CC2)c1. The van der Waals surface area contributed by atoms with Crippen LogP contribution in [0.15, 0.2) is 12.1 Å². The molecule has 1 saturated carbocycles. The summed E-state index contributed by atoms with van der Waals surface area (Å²) in [4.78, 5) is 4.10. The van der Waals surface area contributed by atoms with Gasteiger partial charge in [-0.2, -0.15) is 5.26 Å². The molecule has 0 atom stereocenters. The van der Waals surface area contributed by atoms with E-state index in [1.807, 2.05) is 0 Å². The second kappa shape index (κ2) is 4.50. The highest BCUT2D eigenvalue weighted by molar-refractivity contribution is 6.29. The van der Waals surface area contributed by atoms with Gasteiger partial charge in [0.2, 0.25) is 0 Å². The number of pyridine rings is 1. The molecule has 78 valence electrons. The van der Waals surface area contributed by atoms with Crippen molar-refractivity contribution in [1.29, 1.82) is 5.26 Å². The summed E-state index contributed by atoms with van der Waals surface area (Å²) in [6, 6.07) is 5.34. The number of nitrogens with one attached hydrogen (secondary N) is 1. The number of hydrogen-bond donors (Lipinski definition) is 1. The van der Waals surface area contributed by atoms with Crippen LogP contribution in [0.2, 0.25) is 5.15 Å². The molecule has 2 rings (SSSR count). The summed E-state index contributed by atoms with van der Waals surface area (Å²) in [5, 5.41) is 12.3. The standard InChI is InChI=1S/C11H12ClN3/c12-10-5-9(7-13)6-11(15-10)14-4-3-8-1-2-8/h5-6,8H,1-4H2,(H,14,15). The highest BCUT2D eigenvalue weighted by Gasteiger charge is 2.20. The van der Waals surface area contributed by atoms with Crippen LogP contribution in [0, 0.1) is 17.2 Å². The van der Waals surface area contributed by atoms with Gasteiger partial charge in [0, 0.05) is 6.54 Å². The minimum absolute atomic E-state index is 0.364. The van der Waals surface area contributed by atoms with Crippen LogP contribution in [0.1, 0.15) is 24.8 Å². The number of anilines is 1. The number of rotatable bonds is 4. The zero-order valence-electron chi connectivity index (χ0n) is 8.33. The van der Waals surface area contributed by atoms with E-state index in [0.29, 0.717) is 16.5 Å². The van der Waals surface area contributed by atoms with Gasteiger partial charge in [-0.1, -0.05) is 24.4 Å². The second-order valence-electron chi connectivity index (χ2n) is 3.83. The van der Waals surface area contributed by atoms with Gasteiger partial charge in [0.15, 0.2) is 0 Å². The van der Waals surface area contributed by atoms with Crippen molar-refractivity contribution in [1.82, 2.24) is 4.98 Å². The van der Waals surface area contributed by atoms with E-state index in [1.165, 1.54) is 19.3 Å². The second-order valence-corrected chi connectivity index (χ2v) is 4.22. The molecule has 3 nitrogen and oxygen atoms in total. The van der Waals surface area contributed by atoms with Crippen molar-refractivity contribution in [2.24, 2.45) is 5.92 Å². The smallest absolute Gasteiger partial charge is 0.132 e. The summed E-state index contributed by atoms with van der Waals surface area (Å²) in [6.07, 6.45) is 3.89. The molecule has 0 radical (unpaired) electrons. The summed E-state index contributed by atoms with van der Waals surface area (Å²) >= 11 is 5.78. The average molecular weight is 222 g/mol. The predicted molar refractivity (Wildman–Crippen MR) is 59.8 cm³/mol. The van der Waals surface area contributed by atoms with Crippen molar-refractivity contribution in [2.45, 2.75) is 19.3 Å². The van der Waals surface area contributed by atoms with Gasteiger partial charge in [-0.05, 0) is 24.5 Å². The summed E-state index contributed by atoms with van der Waals surface area (Å²) in [6.45, 7) is 0.906. The first-order chi connectivity index (χ1) is 7.28. The highest BCUT2D eigenvalue weighted by Crippen LogP contribution is 2.32. The van der Waals surface area contributed by atoms with Crippen LogP contribution in [0.4, 0.5) is 5.82 Å². The molecule has 1 fully saturated rings. The van der Waals surface area contributed by atoms with Crippen molar-refractivity contribution >= 4 is 17.4 Å². The van der Waals surface area contributed by atoms with E-state index in [-0.39, 0.29) is 0 Å². The van der Waals surface area contributed by atoms with E-state index in [0.717, 1.165) is 12.5 Å². The van der Waals surface area contributed by atoms with Gasteiger partial charge in [-0.25, -0.2) is 4.98 Å². The molecule has 1 aromatic rings. The number of nitrogens with zero attached hydrogens (tertiary/aromatic N) is 2. The van der Waals surface area contributed by atoms with Crippen LogP contribution in [0.5, 0.6) is 0 Å². The van der Waals surface area contributed by atoms with Crippen molar-refractivity contribution in [3.63, 3.8) is 0 Å². The zero-order valence-corrected chi connectivity index (χ0v) is 9.09. The van der Waals surface area contributed by atoms with Gasteiger partial charge in [-0.15, -0.1) is 0 Å². The first-order valence-corrected chi connectivity index (χ1v) is 5.47. The van der Waals surface area contributed by atoms with E-state index in [1.54, 1.807) is 12.1 Å². The topological polar surface area (TPSA) is 48.7 Å². The van der Waals surface area contributed by atoms with Gasteiger partial charge < -0.3 is 5.32 Å². The van der Waals surface area contributed by atoms with E-state index >= 15 is 0 Å². The summed E-state index contributed by atoms with van der Waals surface area (Å²) in [7, 11) is 0. The molecule has 1 aliphatic carbocycles. The summed E-state index contributed by atoms with van der Waals surface area (Å²) < 4.78 is 0. The van der Waals surface area contributed by atoms with Crippen LogP contribution < -0.4 is 5.32 Å². The number of aromatic nitrogens is 1. The molecule has 0 amide bonds. The Hall–Kier alpha value is -1.27. The maximum atomic E-state index is 8.75. The minimum Gasteiger partial charge on any atom is -0.370 e. The lowest BCUT2D eigenvalue weighted by atomic mass is 10.2. The third-order valence-electron chi connectivity index (χ3n) is 2.48. The number of nitriles is 1. The molecule has 0 unspecified atom stereocenters. The molecule has 0 spiro atoms. The molecule has 0 saturated heterocycles. The predicted octanol–water partition coefficient (Wildman–Crippen LogP) is 2.82. The Balaban J connectivity index is 1.94. The summed E-state index contributed by atoms with van der Waals surface area (Å²) in [5.74, 6) is 1.59. The van der Waals surface area contributed by atoms with Gasteiger partial charge in [-0.3, -0.25) is 0 Å². The van der Waals surface area contributed by atoms with E-state index in [4.69, 9.17) is 16.9 Å². The monoisotopic (exact) mass is 221 g/mol. The normalized spacial score (nSPS) is 14.7. The van der Waals surface area contributed by atoms with Crippen LogP contribution in [0.25, 0.3) is 0 Å². The van der Waals surface area contributed by atoms with Crippen molar-refractivity contribution in [3.8, 4) is 6.07 Å². The highest BCUT2D eigenvalue weighted by atomic mass is 35.5. The maximum Gasteiger partial charge on any atom is 0.132 e. The lowest BCUT2D eigenvalue weighted by Crippen LogP contribution is -2.04. The Morgan fingerprint density at radius 2 is 2.33 bits per heavy atom. The number of halogens is 1. The zero-order chi connectivity index (χ0) is 10.7. The molecule has 0 bridgehead atoms. The summed E-state index contributed by atoms with van der Waals surface area (Å²) in [5.41, 5.74) is 0.545.